The Morgan fingerprint density at radius 3 is 2.73 bits per heavy atom. The van der Waals surface area contributed by atoms with Crippen molar-refractivity contribution in [1.82, 2.24) is 4.90 Å². The van der Waals surface area contributed by atoms with Gasteiger partial charge in [-0.05, 0) is 41.5 Å². The number of rotatable bonds is 3. The molecule has 0 aromatic heterocycles. The topological polar surface area (TPSA) is 38.8 Å². The molecule has 1 fully saturated rings. The standard InChI is InChI=1S/C18H11Cl2NO3S2/c19-12-3-1-11(5-13(12)20)8-21-17(22)16(26-18(21)25)7-10-2-4-14-15(6-10)24-9-23-14/h1-7H,8-9H2/b16-7+. The summed E-state index contributed by atoms with van der Waals surface area (Å²) in [7, 11) is 0. The summed E-state index contributed by atoms with van der Waals surface area (Å²) >= 11 is 18.6. The van der Waals surface area contributed by atoms with E-state index in [1.165, 1.54) is 11.8 Å². The van der Waals surface area contributed by atoms with E-state index in [1.54, 1.807) is 23.1 Å². The van der Waals surface area contributed by atoms with E-state index in [0.717, 1.165) is 11.1 Å². The average molecular weight is 424 g/mol. The van der Waals surface area contributed by atoms with Gasteiger partial charge >= 0.3 is 0 Å². The van der Waals surface area contributed by atoms with Gasteiger partial charge in [0.15, 0.2) is 11.5 Å². The zero-order valence-corrected chi connectivity index (χ0v) is 16.3. The second-order valence-corrected chi connectivity index (χ2v) is 8.12. The number of thiocarbonyl (C=S) groups is 1. The minimum atomic E-state index is -0.135. The summed E-state index contributed by atoms with van der Waals surface area (Å²) in [5.41, 5.74) is 1.71. The number of nitrogens with zero attached hydrogens (tertiary/aromatic N) is 1. The lowest BCUT2D eigenvalue weighted by Gasteiger charge is -2.14. The number of amides is 1. The maximum absolute atomic E-state index is 12.7. The summed E-state index contributed by atoms with van der Waals surface area (Å²) in [5, 5.41) is 0.925. The van der Waals surface area contributed by atoms with Crippen LogP contribution in [0.3, 0.4) is 0 Å². The number of hydrogen-bond acceptors (Lipinski definition) is 5. The van der Waals surface area contributed by atoms with Crippen LogP contribution in [0.15, 0.2) is 41.3 Å². The lowest BCUT2D eigenvalue weighted by Crippen LogP contribution is -2.27. The van der Waals surface area contributed by atoms with Gasteiger partial charge in [0.1, 0.15) is 4.32 Å². The van der Waals surface area contributed by atoms with Crippen LogP contribution >= 0.6 is 47.2 Å². The molecule has 0 atom stereocenters. The Morgan fingerprint density at radius 2 is 1.92 bits per heavy atom. The molecule has 0 saturated carbocycles. The summed E-state index contributed by atoms with van der Waals surface area (Å²) in [4.78, 5) is 14.9. The number of thioether (sulfide) groups is 1. The first-order valence-electron chi connectivity index (χ1n) is 7.60. The Kier molecular flexibility index (Phi) is 4.84. The van der Waals surface area contributed by atoms with Gasteiger partial charge in [0.25, 0.3) is 5.91 Å². The maximum Gasteiger partial charge on any atom is 0.266 e. The van der Waals surface area contributed by atoms with Crippen LogP contribution in [0.5, 0.6) is 11.5 Å². The molecule has 4 rings (SSSR count). The highest BCUT2D eigenvalue weighted by atomic mass is 35.5. The van der Waals surface area contributed by atoms with Crippen molar-refractivity contribution in [2.24, 2.45) is 0 Å². The number of ether oxygens (including phenoxy) is 2. The quantitative estimate of drug-likeness (QED) is 0.505. The summed E-state index contributed by atoms with van der Waals surface area (Å²) in [6.45, 7) is 0.560. The van der Waals surface area contributed by atoms with E-state index in [4.69, 9.17) is 44.9 Å². The Bertz CT molecular complexity index is 961. The first kappa shape index (κ1) is 17.7. The monoisotopic (exact) mass is 423 g/mol. The van der Waals surface area contributed by atoms with Crippen molar-refractivity contribution >= 4 is 63.5 Å². The molecular formula is C18H11Cl2NO3S2. The SMILES string of the molecule is O=C1/C(=C\c2ccc3c(c2)OCO3)SC(=S)N1Cc1ccc(Cl)c(Cl)c1. The molecule has 0 radical (unpaired) electrons. The number of halogens is 2. The lowest BCUT2D eigenvalue weighted by molar-refractivity contribution is -0.122. The van der Waals surface area contributed by atoms with Crippen LogP contribution in [0.4, 0.5) is 0 Å². The zero-order chi connectivity index (χ0) is 18.3. The Balaban J connectivity index is 1.55. The van der Waals surface area contributed by atoms with E-state index in [9.17, 15) is 4.79 Å². The fraction of sp³-hybridized carbons (Fsp3) is 0.111. The molecule has 2 aromatic carbocycles. The first-order chi connectivity index (χ1) is 12.5. The molecule has 2 aromatic rings. The van der Waals surface area contributed by atoms with Crippen LogP contribution in [0.25, 0.3) is 6.08 Å². The smallest absolute Gasteiger partial charge is 0.266 e. The zero-order valence-electron chi connectivity index (χ0n) is 13.2. The molecule has 1 saturated heterocycles. The number of fused-ring (bicyclic) bond motifs is 1. The van der Waals surface area contributed by atoms with Crippen molar-refractivity contribution in [1.29, 1.82) is 0 Å². The molecule has 0 unspecified atom stereocenters. The Hall–Kier alpha value is -1.73. The predicted molar refractivity (Wildman–Crippen MR) is 108 cm³/mol. The molecule has 1 amide bonds. The summed E-state index contributed by atoms with van der Waals surface area (Å²) < 4.78 is 11.2. The number of benzene rings is 2. The van der Waals surface area contributed by atoms with Gasteiger partial charge in [0.05, 0.1) is 21.5 Å². The minimum Gasteiger partial charge on any atom is -0.454 e. The van der Waals surface area contributed by atoms with Crippen LogP contribution in [0.2, 0.25) is 10.0 Å². The third-order valence-electron chi connectivity index (χ3n) is 3.89. The number of hydrogen-bond donors (Lipinski definition) is 0. The summed E-state index contributed by atoms with van der Waals surface area (Å²) in [6.07, 6.45) is 1.80. The highest BCUT2D eigenvalue weighted by molar-refractivity contribution is 8.26. The van der Waals surface area contributed by atoms with Crippen LogP contribution in [0, 0.1) is 0 Å². The molecule has 2 heterocycles. The van der Waals surface area contributed by atoms with Gasteiger partial charge in [-0.3, -0.25) is 9.69 Å². The Labute approximate surface area is 169 Å². The summed E-state index contributed by atoms with van der Waals surface area (Å²) in [5.74, 6) is 1.24. The average Bonchev–Trinajstić information content (AvgIpc) is 3.18. The molecule has 2 aliphatic heterocycles. The molecule has 2 aliphatic rings. The maximum atomic E-state index is 12.7. The fourth-order valence-corrected chi connectivity index (χ4v) is 4.19. The molecule has 0 N–H and O–H groups in total. The van der Waals surface area contributed by atoms with Gasteiger partial charge in [-0.1, -0.05) is 59.3 Å². The third-order valence-corrected chi connectivity index (χ3v) is 6.01. The van der Waals surface area contributed by atoms with Gasteiger partial charge < -0.3 is 9.47 Å². The van der Waals surface area contributed by atoms with E-state index in [-0.39, 0.29) is 12.7 Å². The Morgan fingerprint density at radius 1 is 1.12 bits per heavy atom. The number of carbonyl (C=O) groups is 1. The van der Waals surface area contributed by atoms with Crippen molar-refractivity contribution in [3.63, 3.8) is 0 Å². The first-order valence-corrected chi connectivity index (χ1v) is 9.58. The van der Waals surface area contributed by atoms with Crippen molar-refractivity contribution in [3.05, 3.63) is 62.5 Å². The highest BCUT2D eigenvalue weighted by Crippen LogP contribution is 2.37. The van der Waals surface area contributed by atoms with Gasteiger partial charge in [-0.2, -0.15) is 0 Å². The van der Waals surface area contributed by atoms with E-state index in [2.05, 4.69) is 0 Å². The van der Waals surface area contributed by atoms with Crippen molar-refractivity contribution in [3.8, 4) is 11.5 Å². The van der Waals surface area contributed by atoms with E-state index in [1.807, 2.05) is 24.3 Å². The highest BCUT2D eigenvalue weighted by Gasteiger charge is 2.32. The van der Waals surface area contributed by atoms with E-state index in [0.29, 0.717) is 37.3 Å². The molecule has 4 nitrogen and oxygen atoms in total. The molecule has 8 heteroatoms. The molecular weight excluding hydrogens is 413 g/mol. The lowest BCUT2D eigenvalue weighted by atomic mass is 10.2. The second-order valence-electron chi connectivity index (χ2n) is 5.63. The fourth-order valence-electron chi connectivity index (χ4n) is 2.61. The van der Waals surface area contributed by atoms with Gasteiger partial charge in [0, 0.05) is 0 Å². The molecule has 26 heavy (non-hydrogen) atoms. The minimum absolute atomic E-state index is 0.135. The van der Waals surface area contributed by atoms with Crippen LogP contribution in [0.1, 0.15) is 11.1 Å². The van der Waals surface area contributed by atoms with Gasteiger partial charge in [0.2, 0.25) is 6.79 Å². The normalized spacial score (nSPS) is 17.5. The molecule has 0 spiro atoms. The second kappa shape index (κ2) is 7.12. The van der Waals surface area contributed by atoms with Gasteiger partial charge in [-0.25, -0.2) is 0 Å². The van der Waals surface area contributed by atoms with E-state index < -0.39 is 0 Å². The summed E-state index contributed by atoms with van der Waals surface area (Å²) in [6, 6.07) is 10.8. The van der Waals surface area contributed by atoms with Crippen LogP contribution in [-0.2, 0) is 11.3 Å². The third kappa shape index (κ3) is 3.42. The van der Waals surface area contributed by atoms with Crippen molar-refractivity contribution < 1.29 is 14.3 Å². The van der Waals surface area contributed by atoms with E-state index >= 15 is 0 Å². The largest absolute Gasteiger partial charge is 0.454 e. The molecule has 132 valence electrons. The molecule has 0 bridgehead atoms. The number of carbonyl (C=O) groups excluding carboxylic acids is 1. The molecule has 0 aliphatic carbocycles. The van der Waals surface area contributed by atoms with Crippen LogP contribution < -0.4 is 9.47 Å². The van der Waals surface area contributed by atoms with Gasteiger partial charge in [-0.15, -0.1) is 0 Å². The van der Waals surface area contributed by atoms with Crippen LogP contribution in [-0.4, -0.2) is 21.9 Å². The van der Waals surface area contributed by atoms with Crippen molar-refractivity contribution in [2.45, 2.75) is 6.54 Å². The predicted octanol–water partition coefficient (Wildman–Crippen LogP) is 5.12. The van der Waals surface area contributed by atoms with Crippen molar-refractivity contribution in [2.75, 3.05) is 6.79 Å².